The van der Waals surface area contributed by atoms with Gasteiger partial charge in [-0.1, -0.05) is 41.9 Å². The predicted octanol–water partition coefficient (Wildman–Crippen LogP) is 3.84. The predicted molar refractivity (Wildman–Crippen MR) is 112 cm³/mol. The lowest BCUT2D eigenvalue weighted by Gasteiger charge is -2.19. The number of nitrogens with two attached hydrogens (primary N) is 1. The van der Waals surface area contributed by atoms with E-state index in [9.17, 15) is 13.5 Å². The molecule has 3 aromatic rings. The zero-order valence-electron chi connectivity index (χ0n) is 14.9. The van der Waals surface area contributed by atoms with Gasteiger partial charge < -0.3 is 15.7 Å². The van der Waals surface area contributed by atoms with E-state index in [0.29, 0.717) is 34.2 Å². The second-order valence-electron chi connectivity index (χ2n) is 6.19. The Bertz CT molecular complexity index is 1060. The van der Waals surface area contributed by atoms with E-state index in [-0.39, 0.29) is 11.5 Å². The molecule has 0 fully saturated rings. The first-order valence-electron chi connectivity index (χ1n) is 8.48. The fraction of sp³-hybridized carbons (Fsp3) is 0.100. The molecule has 6 nitrogen and oxygen atoms in total. The maximum atomic E-state index is 12.2. The molecule has 0 aliphatic carbocycles. The minimum absolute atomic E-state index is 0.107. The smallest absolute Gasteiger partial charge is 0.240 e. The molecule has 0 saturated carbocycles. The molecule has 0 heterocycles. The van der Waals surface area contributed by atoms with E-state index >= 15 is 0 Å². The SMILES string of the molecule is NS(=O)(=O)c1cc(CO)cc(NCc2ccccc2)c1Nc1ccc(Cl)cc1. The average molecular weight is 418 g/mol. The van der Waals surface area contributed by atoms with Crippen LogP contribution in [0.2, 0.25) is 5.02 Å². The van der Waals surface area contributed by atoms with Gasteiger partial charge in [-0.25, -0.2) is 13.6 Å². The summed E-state index contributed by atoms with van der Waals surface area (Å²) in [6.07, 6.45) is 0. The quantitative estimate of drug-likeness (QED) is 0.467. The van der Waals surface area contributed by atoms with E-state index in [2.05, 4.69) is 10.6 Å². The third-order valence-electron chi connectivity index (χ3n) is 4.09. The highest BCUT2D eigenvalue weighted by Crippen LogP contribution is 2.34. The van der Waals surface area contributed by atoms with Crippen molar-refractivity contribution in [3.8, 4) is 0 Å². The van der Waals surface area contributed by atoms with E-state index in [1.807, 2.05) is 30.3 Å². The summed E-state index contributed by atoms with van der Waals surface area (Å²) in [5.74, 6) is 0. The van der Waals surface area contributed by atoms with Crippen LogP contribution in [0.25, 0.3) is 0 Å². The number of halogens is 1. The molecule has 3 rings (SSSR count). The molecule has 0 bridgehead atoms. The first-order chi connectivity index (χ1) is 13.4. The van der Waals surface area contributed by atoms with Crippen molar-refractivity contribution in [1.29, 1.82) is 0 Å². The second kappa shape index (κ2) is 8.62. The molecule has 0 unspecified atom stereocenters. The van der Waals surface area contributed by atoms with Gasteiger partial charge in [-0.2, -0.15) is 0 Å². The Balaban J connectivity index is 2.05. The first kappa shape index (κ1) is 20.2. The Hall–Kier alpha value is -2.58. The monoisotopic (exact) mass is 417 g/mol. The molecular weight excluding hydrogens is 398 g/mol. The highest BCUT2D eigenvalue weighted by atomic mass is 35.5. The number of aliphatic hydroxyl groups is 1. The largest absolute Gasteiger partial charge is 0.392 e. The summed E-state index contributed by atoms with van der Waals surface area (Å²) in [7, 11) is -4.04. The van der Waals surface area contributed by atoms with Crippen LogP contribution >= 0.6 is 11.6 Å². The van der Waals surface area contributed by atoms with Gasteiger partial charge in [0.15, 0.2) is 0 Å². The van der Waals surface area contributed by atoms with E-state index in [0.717, 1.165) is 5.56 Å². The van der Waals surface area contributed by atoms with Crippen LogP contribution < -0.4 is 15.8 Å². The van der Waals surface area contributed by atoms with Crippen LogP contribution in [0.15, 0.2) is 71.6 Å². The second-order valence-corrected chi connectivity index (χ2v) is 8.16. The highest BCUT2D eigenvalue weighted by molar-refractivity contribution is 7.89. The minimum Gasteiger partial charge on any atom is -0.392 e. The van der Waals surface area contributed by atoms with Crippen molar-refractivity contribution >= 4 is 38.7 Å². The number of sulfonamides is 1. The fourth-order valence-electron chi connectivity index (χ4n) is 2.73. The first-order valence-corrected chi connectivity index (χ1v) is 10.4. The van der Waals surface area contributed by atoms with Crippen LogP contribution in [-0.2, 0) is 23.2 Å². The molecular formula is C20H20ClN3O3S. The lowest BCUT2D eigenvalue weighted by molar-refractivity contribution is 0.281. The zero-order chi connectivity index (χ0) is 20.1. The molecule has 0 radical (unpaired) electrons. The van der Waals surface area contributed by atoms with Gasteiger partial charge in [0.2, 0.25) is 10.0 Å². The number of aliphatic hydroxyl groups excluding tert-OH is 1. The van der Waals surface area contributed by atoms with Gasteiger partial charge in [0, 0.05) is 17.3 Å². The number of nitrogens with one attached hydrogen (secondary N) is 2. The molecule has 0 aliphatic rings. The maximum Gasteiger partial charge on any atom is 0.240 e. The molecule has 0 spiro atoms. The van der Waals surface area contributed by atoms with E-state index in [1.54, 1.807) is 30.3 Å². The van der Waals surface area contributed by atoms with Crippen molar-refractivity contribution in [1.82, 2.24) is 0 Å². The standard InChI is InChI=1S/C20H20ClN3O3S/c21-16-6-8-17(9-7-16)24-20-18(23-12-14-4-2-1-3-5-14)10-15(13-25)11-19(20)28(22,26)27/h1-11,23-25H,12-13H2,(H2,22,26,27). The Labute approximate surface area is 169 Å². The molecule has 0 atom stereocenters. The van der Waals surface area contributed by atoms with Gasteiger partial charge >= 0.3 is 0 Å². The third-order valence-corrected chi connectivity index (χ3v) is 5.28. The summed E-state index contributed by atoms with van der Waals surface area (Å²) in [5, 5.41) is 21.9. The molecule has 28 heavy (non-hydrogen) atoms. The maximum absolute atomic E-state index is 12.2. The molecule has 8 heteroatoms. The van der Waals surface area contributed by atoms with Crippen molar-refractivity contribution < 1.29 is 13.5 Å². The molecule has 0 aromatic heterocycles. The van der Waals surface area contributed by atoms with Crippen molar-refractivity contribution in [2.75, 3.05) is 10.6 Å². The van der Waals surface area contributed by atoms with Gasteiger partial charge in [-0.05, 0) is 47.5 Å². The van der Waals surface area contributed by atoms with Crippen LogP contribution in [0.3, 0.4) is 0 Å². The Kier molecular flexibility index (Phi) is 6.21. The number of primary sulfonamides is 1. The molecule has 0 amide bonds. The van der Waals surface area contributed by atoms with E-state index < -0.39 is 10.0 Å². The van der Waals surface area contributed by atoms with Gasteiger partial charge in [0.05, 0.1) is 18.0 Å². The van der Waals surface area contributed by atoms with Crippen molar-refractivity contribution in [2.24, 2.45) is 5.14 Å². The minimum atomic E-state index is -4.04. The number of hydrogen-bond acceptors (Lipinski definition) is 5. The summed E-state index contributed by atoms with van der Waals surface area (Å²) >= 11 is 5.92. The zero-order valence-corrected chi connectivity index (χ0v) is 16.5. The van der Waals surface area contributed by atoms with Gasteiger partial charge in [-0.3, -0.25) is 0 Å². The van der Waals surface area contributed by atoms with Crippen molar-refractivity contribution in [3.05, 3.63) is 82.9 Å². The summed E-state index contributed by atoms with van der Waals surface area (Å²) in [6.45, 7) is 0.152. The summed E-state index contributed by atoms with van der Waals surface area (Å²) in [5.41, 5.74) is 2.91. The Morgan fingerprint density at radius 1 is 0.964 bits per heavy atom. The Morgan fingerprint density at radius 2 is 1.64 bits per heavy atom. The van der Waals surface area contributed by atoms with E-state index in [1.165, 1.54) is 6.07 Å². The van der Waals surface area contributed by atoms with Gasteiger partial charge in [-0.15, -0.1) is 0 Å². The molecule has 0 saturated heterocycles. The van der Waals surface area contributed by atoms with Crippen LogP contribution in [0.1, 0.15) is 11.1 Å². The Morgan fingerprint density at radius 3 is 2.25 bits per heavy atom. The van der Waals surface area contributed by atoms with E-state index in [4.69, 9.17) is 16.7 Å². The van der Waals surface area contributed by atoms with Crippen LogP contribution in [0, 0.1) is 0 Å². The van der Waals surface area contributed by atoms with Gasteiger partial charge in [0.1, 0.15) is 4.90 Å². The summed E-state index contributed by atoms with van der Waals surface area (Å²) in [6, 6.07) is 19.6. The van der Waals surface area contributed by atoms with Crippen molar-refractivity contribution in [2.45, 2.75) is 18.0 Å². The molecule has 5 N–H and O–H groups in total. The van der Waals surface area contributed by atoms with Crippen LogP contribution in [0.5, 0.6) is 0 Å². The van der Waals surface area contributed by atoms with Crippen LogP contribution in [-0.4, -0.2) is 13.5 Å². The highest BCUT2D eigenvalue weighted by Gasteiger charge is 2.19. The summed E-state index contributed by atoms with van der Waals surface area (Å²) in [4.78, 5) is -0.107. The van der Waals surface area contributed by atoms with Gasteiger partial charge in [0.25, 0.3) is 0 Å². The van der Waals surface area contributed by atoms with Crippen LogP contribution in [0.4, 0.5) is 17.1 Å². The number of hydrogen-bond donors (Lipinski definition) is 4. The molecule has 0 aliphatic heterocycles. The molecule has 3 aromatic carbocycles. The lowest BCUT2D eigenvalue weighted by atomic mass is 10.1. The normalized spacial score (nSPS) is 11.2. The topological polar surface area (TPSA) is 104 Å². The summed E-state index contributed by atoms with van der Waals surface area (Å²) < 4.78 is 24.4. The number of anilines is 3. The number of rotatable bonds is 7. The molecule has 146 valence electrons. The third kappa shape index (κ3) is 5.02. The fourth-order valence-corrected chi connectivity index (χ4v) is 3.61. The van der Waals surface area contributed by atoms with Crippen molar-refractivity contribution in [3.63, 3.8) is 0 Å². The lowest BCUT2D eigenvalue weighted by Crippen LogP contribution is -2.16. The average Bonchev–Trinajstić information content (AvgIpc) is 2.68. The number of benzene rings is 3.